The second-order valence-corrected chi connectivity index (χ2v) is 3.68. The summed E-state index contributed by atoms with van der Waals surface area (Å²) in [5, 5.41) is 8.95. The Kier molecular flexibility index (Phi) is 3.90. The summed E-state index contributed by atoms with van der Waals surface area (Å²) in [4.78, 5) is 18.7. The number of carboxylic acid groups (broad SMARTS) is 1. The number of imidazole rings is 1. The lowest BCUT2D eigenvalue weighted by Crippen LogP contribution is -2.07. The van der Waals surface area contributed by atoms with Gasteiger partial charge < -0.3 is 14.4 Å². The predicted octanol–water partition coefficient (Wildman–Crippen LogP) is 1.45. The van der Waals surface area contributed by atoms with Crippen molar-refractivity contribution in [3.63, 3.8) is 0 Å². The van der Waals surface area contributed by atoms with Crippen molar-refractivity contribution < 1.29 is 14.6 Å². The molecule has 18 heavy (non-hydrogen) atoms. The quantitative estimate of drug-likeness (QED) is 0.781. The van der Waals surface area contributed by atoms with Gasteiger partial charge in [0.15, 0.2) is 5.75 Å². The predicted molar refractivity (Wildman–Crippen MR) is 63.5 cm³/mol. The summed E-state index contributed by atoms with van der Waals surface area (Å²) in [6, 6.07) is 1.42. The number of aromatic carboxylic acids is 1. The van der Waals surface area contributed by atoms with Gasteiger partial charge >= 0.3 is 5.97 Å². The lowest BCUT2D eigenvalue weighted by Gasteiger charge is -2.08. The molecule has 0 saturated carbocycles. The first-order valence-electron chi connectivity index (χ1n) is 5.53. The maximum Gasteiger partial charge on any atom is 0.339 e. The van der Waals surface area contributed by atoms with Gasteiger partial charge in [-0.15, -0.1) is 0 Å². The van der Waals surface area contributed by atoms with Gasteiger partial charge in [-0.2, -0.15) is 0 Å². The van der Waals surface area contributed by atoms with E-state index in [0.29, 0.717) is 12.4 Å². The van der Waals surface area contributed by atoms with Crippen LogP contribution in [-0.2, 0) is 6.54 Å². The molecule has 0 aliphatic heterocycles. The highest BCUT2D eigenvalue weighted by atomic mass is 16.5. The van der Waals surface area contributed by atoms with Crippen molar-refractivity contribution in [2.75, 3.05) is 6.61 Å². The summed E-state index contributed by atoms with van der Waals surface area (Å²) in [6.45, 7) is 1.22. The van der Waals surface area contributed by atoms with Crippen LogP contribution in [0.15, 0.2) is 37.2 Å². The van der Waals surface area contributed by atoms with Crippen LogP contribution < -0.4 is 4.74 Å². The number of nitrogens with zero attached hydrogens (tertiary/aromatic N) is 3. The molecule has 0 atom stereocenters. The van der Waals surface area contributed by atoms with E-state index in [1.165, 1.54) is 18.5 Å². The molecule has 0 bridgehead atoms. The molecular weight excluding hydrogens is 234 g/mol. The largest absolute Gasteiger partial charge is 0.491 e. The second kappa shape index (κ2) is 5.81. The van der Waals surface area contributed by atoms with Crippen LogP contribution in [0, 0.1) is 0 Å². The molecule has 0 radical (unpaired) electrons. The highest BCUT2D eigenvalue weighted by Crippen LogP contribution is 2.16. The van der Waals surface area contributed by atoms with E-state index in [4.69, 9.17) is 9.84 Å². The van der Waals surface area contributed by atoms with Crippen LogP contribution in [0.3, 0.4) is 0 Å². The Bertz CT molecular complexity index is 511. The van der Waals surface area contributed by atoms with E-state index in [9.17, 15) is 4.79 Å². The Labute approximate surface area is 104 Å². The minimum atomic E-state index is -1.01. The van der Waals surface area contributed by atoms with E-state index in [1.54, 1.807) is 12.5 Å². The molecule has 0 aliphatic carbocycles. The number of pyridine rings is 1. The van der Waals surface area contributed by atoms with Crippen LogP contribution in [0.5, 0.6) is 5.75 Å². The van der Waals surface area contributed by atoms with Crippen molar-refractivity contribution in [3.8, 4) is 5.75 Å². The molecule has 2 rings (SSSR count). The monoisotopic (exact) mass is 247 g/mol. The fourth-order valence-corrected chi connectivity index (χ4v) is 1.52. The van der Waals surface area contributed by atoms with Gasteiger partial charge in [-0.3, -0.25) is 4.98 Å². The lowest BCUT2D eigenvalue weighted by molar-refractivity contribution is 0.0692. The SMILES string of the molecule is O=C(O)c1ccncc1OCCCn1ccnc1. The number of carboxylic acids is 1. The van der Waals surface area contributed by atoms with Crippen LogP contribution in [0.2, 0.25) is 0 Å². The van der Waals surface area contributed by atoms with Crippen molar-refractivity contribution in [2.45, 2.75) is 13.0 Å². The lowest BCUT2D eigenvalue weighted by atomic mass is 10.2. The molecule has 0 saturated heterocycles. The first kappa shape index (κ1) is 12.1. The highest BCUT2D eigenvalue weighted by molar-refractivity contribution is 5.90. The number of ether oxygens (including phenoxy) is 1. The molecular formula is C12H13N3O3. The van der Waals surface area contributed by atoms with Gasteiger partial charge in [0, 0.05) is 25.1 Å². The zero-order chi connectivity index (χ0) is 12.8. The number of aromatic nitrogens is 3. The van der Waals surface area contributed by atoms with Crippen molar-refractivity contribution >= 4 is 5.97 Å². The fourth-order valence-electron chi connectivity index (χ4n) is 1.52. The van der Waals surface area contributed by atoms with Gasteiger partial charge in [-0.05, 0) is 12.5 Å². The normalized spacial score (nSPS) is 10.2. The van der Waals surface area contributed by atoms with Crippen LogP contribution in [0.25, 0.3) is 0 Å². The number of hydrogen-bond acceptors (Lipinski definition) is 4. The van der Waals surface area contributed by atoms with Crippen LogP contribution >= 0.6 is 0 Å². The maximum atomic E-state index is 10.9. The molecule has 0 spiro atoms. The molecule has 94 valence electrons. The van der Waals surface area contributed by atoms with Gasteiger partial charge in [0.05, 0.1) is 19.1 Å². The van der Waals surface area contributed by atoms with Crippen molar-refractivity contribution in [1.82, 2.24) is 14.5 Å². The van der Waals surface area contributed by atoms with E-state index in [0.717, 1.165) is 13.0 Å². The number of hydrogen-bond donors (Lipinski definition) is 1. The van der Waals surface area contributed by atoms with Crippen LogP contribution in [0.4, 0.5) is 0 Å². The van der Waals surface area contributed by atoms with E-state index in [1.807, 2.05) is 10.8 Å². The fraction of sp³-hybridized carbons (Fsp3) is 0.250. The third-order valence-electron chi connectivity index (χ3n) is 2.39. The summed E-state index contributed by atoms with van der Waals surface area (Å²) in [5.41, 5.74) is 0.132. The molecule has 6 nitrogen and oxygen atoms in total. The molecule has 0 aliphatic rings. The average Bonchev–Trinajstić information content (AvgIpc) is 2.88. The number of carbonyl (C=O) groups is 1. The van der Waals surface area contributed by atoms with Crippen molar-refractivity contribution in [3.05, 3.63) is 42.7 Å². The first-order valence-corrected chi connectivity index (χ1v) is 5.53. The van der Waals surface area contributed by atoms with Crippen molar-refractivity contribution in [2.24, 2.45) is 0 Å². The Morgan fingerprint density at radius 3 is 3.00 bits per heavy atom. The molecule has 2 aromatic heterocycles. The Hall–Kier alpha value is -2.37. The minimum Gasteiger partial charge on any atom is -0.491 e. The van der Waals surface area contributed by atoms with Crippen LogP contribution in [-0.4, -0.2) is 32.2 Å². The van der Waals surface area contributed by atoms with Gasteiger partial charge in [0.1, 0.15) is 5.56 Å². The van der Waals surface area contributed by atoms with Gasteiger partial charge in [-0.25, -0.2) is 9.78 Å². The first-order chi connectivity index (χ1) is 8.77. The van der Waals surface area contributed by atoms with E-state index in [-0.39, 0.29) is 5.56 Å². The Morgan fingerprint density at radius 1 is 1.39 bits per heavy atom. The molecule has 0 fully saturated rings. The molecule has 0 unspecified atom stereocenters. The van der Waals surface area contributed by atoms with E-state index < -0.39 is 5.97 Å². The third kappa shape index (κ3) is 3.07. The van der Waals surface area contributed by atoms with Gasteiger partial charge in [0.2, 0.25) is 0 Å². The molecule has 0 amide bonds. The zero-order valence-corrected chi connectivity index (χ0v) is 9.69. The van der Waals surface area contributed by atoms with E-state index >= 15 is 0 Å². The second-order valence-electron chi connectivity index (χ2n) is 3.68. The molecule has 2 heterocycles. The standard InChI is InChI=1S/C12H13N3O3/c16-12(17)10-2-3-13-8-11(10)18-7-1-5-15-6-4-14-9-15/h2-4,6,8-9H,1,5,7H2,(H,16,17). The Balaban J connectivity index is 1.85. The average molecular weight is 247 g/mol. The summed E-state index contributed by atoms with van der Waals surface area (Å²) >= 11 is 0. The molecule has 2 aromatic rings. The van der Waals surface area contributed by atoms with Crippen LogP contribution in [0.1, 0.15) is 16.8 Å². The van der Waals surface area contributed by atoms with E-state index in [2.05, 4.69) is 9.97 Å². The van der Waals surface area contributed by atoms with Gasteiger partial charge in [-0.1, -0.05) is 0 Å². The zero-order valence-electron chi connectivity index (χ0n) is 9.69. The third-order valence-corrected chi connectivity index (χ3v) is 2.39. The summed E-state index contributed by atoms with van der Waals surface area (Å²) in [7, 11) is 0. The summed E-state index contributed by atoms with van der Waals surface area (Å²) in [5.74, 6) is -0.711. The molecule has 6 heteroatoms. The summed E-state index contributed by atoms with van der Waals surface area (Å²) in [6.07, 6.45) is 8.93. The Morgan fingerprint density at radius 2 is 2.28 bits per heavy atom. The minimum absolute atomic E-state index is 0.132. The number of aryl methyl sites for hydroxylation is 1. The smallest absolute Gasteiger partial charge is 0.339 e. The topological polar surface area (TPSA) is 77.2 Å². The van der Waals surface area contributed by atoms with Crippen molar-refractivity contribution in [1.29, 1.82) is 0 Å². The molecule has 0 aromatic carbocycles. The highest BCUT2D eigenvalue weighted by Gasteiger charge is 2.10. The van der Waals surface area contributed by atoms with Gasteiger partial charge in [0.25, 0.3) is 0 Å². The molecule has 1 N–H and O–H groups in total. The number of rotatable bonds is 6. The maximum absolute atomic E-state index is 10.9. The summed E-state index contributed by atoms with van der Waals surface area (Å²) < 4.78 is 7.35.